The van der Waals surface area contributed by atoms with E-state index in [1.54, 1.807) is 0 Å². The summed E-state index contributed by atoms with van der Waals surface area (Å²) in [6.45, 7) is 5.17. The summed E-state index contributed by atoms with van der Waals surface area (Å²) in [5.41, 5.74) is 1.58. The van der Waals surface area contributed by atoms with E-state index < -0.39 is 0 Å². The number of nitrogens with zero attached hydrogens (tertiary/aromatic N) is 1. The van der Waals surface area contributed by atoms with Gasteiger partial charge in [-0.2, -0.15) is 0 Å². The minimum Gasteiger partial charge on any atom is -0.396 e. The fourth-order valence-electron chi connectivity index (χ4n) is 1.84. The van der Waals surface area contributed by atoms with Gasteiger partial charge in [0.25, 0.3) is 5.91 Å². The molecule has 18 heavy (non-hydrogen) atoms. The highest BCUT2D eigenvalue weighted by Gasteiger charge is 2.13. The van der Waals surface area contributed by atoms with E-state index in [2.05, 4.69) is 16.9 Å². The number of hydrogen-bond acceptors (Lipinski definition) is 3. The van der Waals surface area contributed by atoms with Gasteiger partial charge in [-0.25, -0.2) is 4.99 Å². The Labute approximate surface area is 105 Å². The summed E-state index contributed by atoms with van der Waals surface area (Å²) in [6.07, 6.45) is 2.53. The summed E-state index contributed by atoms with van der Waals surface area (Å²) in [5.74, 6) is -0.213. The van der Waals surface area contributed by atoms with Crippen LogP contribution in [-0.4, -0.2) is 30.7 Å². The van der Waals surface area contributed by atoms with E-state index in [-0.39, 0.29) is 12.5 Å². The average molecular weight is 244 g/mol. The molecule has 0 spiro atoms. The van der Waals surface area contributed by atoms with Gasteiger partial charge >= 0.3 is 0 Å². The summed E-state index contributed by atoms with van der Waals surface area (Å²) < 4.78 is 0. The number of benzene rings is 1. The Balaban J connectivity index is 2.17. The Bertz CT molecular complexity index is 590. The Morgan fingerprint density at radius 1 is 1.39 bits per heavy atom. The van der Waals surface area contributed by atoms with Crippen LogP contribution in [0.2, 0.25) is 0 Å². The number of aliphatic hydroxyl groups is 1. The second-order valence-corrected chi connectivity index (χ2v) is 4.20. The Morgan fingerprint density at radius 2 is 2.22 bits per heavy atom. The number of aliphatic hydroxyl groups excluding tert-OH is 1. The van der Waals surface area contributed by atoms with Gasteiger partial charge < -0.3 is 10.4 Å². The van der Waals surface area contributed by atoms with E-state index in [1.165, 1.54) is 0 Å². The molecule has 2 rings (SSSR count). The molecule has 0 saturated carbocycles. The second-order valence-electron chi connectivity index (χ2n) is 4.20. The van der Waals surface area contributed by atoms with Crippen LogP contribution in [-0.2, 0) is 4.79 Å². The summed E-state index contributed by atoms with van der Waals surface area (Å²) in [5, 5.41) is 13.2. The Hall–Kier alpha value is -1.78. The maximum Gasteiger partial charge on any atom is 0.274 e. The van der Waals surface area contributed by atoms with Crippen LogP contribution >= 0.6 is 0 Å². The summed E-state index contributed by atoms with van der Waals surface area (Å²) in [6, 6.07) is 5.67. The van der Waals surface area contributed by atoms with Gasteiger partial charge in [0, 0.05) is 24.3 Å². The molecule has 0 unspecified atom stereocenters. The molecule has 2 N–H and O–H groups in total. The van der Waals surface area contributed by atoms with Crippen molar-refractivity contribution >= 4 is 18.6 Å². The first kappa shape index (κ1) is 12.7. The smallest absolute Gasteiger partial charge is 0.274 e. The van der Waals surface area contributed by atoms with Crippen LogP contribution in [0.4, 0.5) is 0 Å². The molecule has 0 aliphatic carbocycles. The zero-order valence-electron chi connectivity index (χ0n) is 10.1. The van der Waals surface area contributed by atoms with Crippen LogP contribution in [0.5, 0.6) is 0 Å². The van der Waals surface area contributed by atoms with Crippen molar-refractivity contribution in [2.75, 3.05) is 19.7 Å². The van der Waals surface area contributed by atoms with Crippen molar-refractivity contribution in [3.8, 4) is 0 Å². The molecular formula is C14H16N2O2. The molecule has 1 aromatic rings. The first-order valence-corrected chi connectivity index (χ1v) is 5.95. The number of nitrogens with one attached hydrogen (secondary N) is 1. The van der Waals surface area contributed by atoms with E-state index in [1.807, 2.05) is 24.3 Å². The monoisotopic (exact) mass is 244 g/mol. The van der Waals surface area contributed by atoms with E-state index >= 15 is 0 Å². The highest BCUT2D eigenvalue weighted by molar-refractivity contribution is 6.00. The van der Waals surface area contributed by atoms with Gasteiger partial charge in [0.05, 0.1) is 5.36 Å². The van der Waals surface area contributed by atoms with Crippen molar-refractivity contribution in [3.05, 3.63) is 39.9 Å². The minimum atomic E-state index is -0.213. The fourth-order valence-corrected chi connectivity index (χ4v) is 1.84. The van der Waals surface area contributed by atoms with Crippen molar-refractivity contribution in [1.82, 2.24) is 5.32 Å². The molecule has 0 atom stereocenters. The minimum absolute atomic E-state index is 0.151. The Morgan fingerprint density at radius 3 is 3.00 bits per heavy atom. The molecule has 0 saturated heterocycles. The summed E-state index contributed by atoms with van der Waals surface area (Å²) >= 11 is 0. The topological polar surface area (TPSA) is 61.7 Å². The first-order valence-electron chi connectivity index (χ1n) is 5.95. The number of fused-ring (bicyclic) bond motifs is 1. The summed E-state index contributed by atoms with van der Waals surface area (Å²) in [4.78, 5) is 15.9. The van der Waals surface area contributed by atoms with Crippen molar-refractivity contribution in [2.45, 2.75) is 6.42 Å². The predicted molar refractivity (Wildman–Crippen MR) is 70.3 cm³/mol. The maximum atomic E-state index is 11.8. The van der Waals surface area contributed by atoms with Gasteiger partial charge in [0.1, 0.15) is 0 Å². The molecule has 4 heteroatoms. The van der Waals surface area contributed by atoms with Crippen LogP contribution < -0.4 is 15.9 Å². The van der Waals surface area contributed by atoms with Crippen LogP contribution in [0.3, 0.4) is 0 Å². The highest BCUT2D eigenvalue weighted by atomic mass is 16.3. The standard InChI is InChI=1S/C14H16N2O2/c1-10-4-2-5-11-8-12(9-15-6-3-7-17)14(18)16-13(10)11/h2,4-5,8,15,17H,1,3,6-7,9H2. The van der Waals surface area contributed by atoms with Crippen molar-refractivity contribution < 1.29 is 9.90 Å². The number of hydrogen-bond donors (Lipinski definition) is 2. The van der Waals surface area contributed by atoms with Crippen LogP contribution in [0.1, 0.15) is 12.0 Å². The number of para-hydroxylation sites is 1. The third-order valence-electron chi connectivity index (χ3n) is 2.80. The van der Waals surface area contributed by atoms with E-state index in [4.69, 9.17) is 5.11 Å². The normalized spacial score (nSPS) is 13.8. The van der Waals surface area contributed by atoms with Crippen molar-refractivity contribution in [3.63, 3.8) is 0 Å². The fraction of sp³-hybridized carbons (Fsp3) is 0.286. The van der Waals surface area contributed by atoms with Gasteiger partial charge in [0.2, 0.25) is 0 Å². The molecule has 1 aromatic carbocycles. The first-order chi connectivity index (χ1) is 8.72. The molecule has 1 aliphatic heterocycles. The lowest BCUT2D eigenvalue weighted by Gasteiger charge is -2.10. The van der Waals surface area contributed by atoms with Gasteiger partial charge in [-0.3, -0.25) is 4.79 Å². The molecule has 0 aromatic heterocycles. The summed E-state index contributed by atoms with van der Waals surface area (Å²) in [7, 11) is 0. The van der Waals surface area contributed by atoms with Crippen LogP contribution in [0.15, 0.2) is 28.8 Å². The van der Waals surface area contributed by atoms with E-state index in [9.17, 15) is 4.79 Å². The maximum absolute atomic E-state index is 11.8. The lowest BCUT2D eigenvalue weighted by molar-refractivity contribution is -0.114. The lowest BCUT2D eigenvalue weighted by atomic mass is 10.1. The SMILES string of the molecule is C=c1cccc2c1=NC(=O)C(CNCCCO)=C2. The zero-order chi connectivity index (χ0) is 13.0. The van der Waals surface area contributed by atoms with E-state index in [0.29, 0.717) is 30.4 Å². The molecule has 1 aliphatic rings. The highest BCUT2D eigenvalue weighted by Crippen LogP contribution is 2.07. The number of carbonyl (C=O) groups is 1. The molecule has 0 fully saturated rings. The molecule has 0 radical (unpaired) electrons. The van der Waals surface area contributed by atoms with Crippen LogP contribution in [0.25, 0.3) is 12.7 Å². The number of rotatable bonds is 5. The molecular weight excluding hydrogens is 228 g/mol. The van der Waals surface area contributed by atoms with Gasteiger partial charge in [0.15, 0.2) is 0 Å². The number of carbonyl (C=O) groups excluding carboxylic acids is 1. The Kier molecular flexibility index (Phi) is 4.02. The predicted octanol–water partition coefficient (Wildman–Crippen LogP) is -0.388. The largest absolute Gasteiger partial charge is 0.396 e. The van der Waals surface area contributed by atoms with Crippen LogP contribution in [0, 0.1) is 0 Å². The van der Waals surface area contributed by atoms with Gasteiger partial charge in [-0.1, -0.05) is 24.8 Å². The van der Waals surface area contributed by atoms with Gasteiger partial charge in [-0.15, -0.1) is 0 Å². The molecule has 94 valence electrons. The molecule has 0 bridgehead atoms. The third kappa shape index (κ3) is 2.72. The van der Waals surface area contributed by atoms with Gasteiger partial charge in [-0.05, 0) is 24.3 Å². The molecule has 1 heterocycles. The third-order valence-corrected chi connectivity index (χ3v) is 2.80. The molecule has 1 amide bonds. The molecule has 4 nitrogen and oxygen atoms in total. The van der Waals surface area contributed by atoms with Crippen molar-refractivity contribution in [1.29, 1.82) is 0 Å². The van der Waals surface area contributed by atoms with E-state index in [0.717, 1.165) is 10.8 Å². The quantitative estimate of drug-likeness (QED) is 0.694. The second kappa shape index (κ2) is 5.71. The zero-order valence-corrected chi connectivity index (χ0v) is 10.1. The van der Waals surface area contributed by atoms with Crippen molar-refractivity contribution in [2.24, 2.45) is 4.99 Å². The average Bonchev–Trinajstić information content (AvgIpc) is 2.36. The lowest BCUT2D eigenvalue weighted by Crippen LogP contribution is -2.32. The number of amides is 1.